The van der Waals surface area contributed by atoms with Gasteiger partial charge in [0.25, 0.3) is 0 Å². The van der Waals surface area contributed by atoms with E-state index in [1.807, 2.05) is 0 Å². The zero-order valence-electron chi connectivity index (χ0n) is 24.1. The van der Waals surface area contributed by atoms with Crippen LogP contribution < -0.4 is 16.8 Å². The first-order valence-corrected chi connectivity index (χ1v) is 27.4. The van der Waals surface area contributed by atoms with Gasteiger partial charge < -0.3 is 25.8 Å². The molecule has 2 unspecified atom stereocenters. The Balaban J connectivity index is 5.35. The van der Waals surface area contributed by atoms with Gasteiger partial charge in [-0.2, -0.15) is 0 Å². The lowest BCUT2D eigenvalue weighted by Gasteiger charge is -2.54. The van der Waals surface area contributed by atoms with Crippen molar-refractivity contribution in [1.29, 1.82) is 0 Å². The maximum atomic E-state index is 7.47. The highest BCUT2D eigenvalue weighted by Crippen LogP contribution is 2.41. The number of nitrogens with zero attached hydrogens (tertiary/aromatic N) is 1. The molecule has 33 heavy (non-hydrogen) atoms. The molecule has 0 bridgehead atoms. The molecule has 0 aromatic heterocycles. The minimum absolute atomic E-state index is 0.762. The summed E-state index contributed by atoms with van der Waals surface area (Å²) in [5, 5.41) is 3.69. The van der Waals surface area contributed by atoms with Crippen LogP contribution in [0, 0.1) is 0 Å². The Bertz CT molecular complexity index is 511. The summed E-state index contributed by atoms with van der Waals surface area (Å²) < 4.78 is 7.47. The third kappa shape index (κ3) is 12.0. The van der Waals surface area contributed by atoms with Crippen molar-refractivity contribution in [2.24, 2.45) is 11.5 Å². The van der Waals surface area contributed by atoms with Gasteiger partial charge in [0.05, 0.1) is 7.11 Å². The Morgan fingerprint density at radius 2 is 1.30 bits per heavy atom. The van der Waals surface area contributed by atoms with Crippen LogP contribution >= 0.6 is 0 Å². The van der Waals surface area contributed by atoms with E-state index in [9.17, 15) is 0 Å². The van der Waals surface area contributed by atoms with E-state index in [2.05, 4.69) is 70.5 Å². The quantitative estimate of drug-likeness (QED) is 0.140. The van der Waals surface area contributed by atoms with E-state index in [0.717, 1.165) is 32.2 Å². The molecule has 0 aromatic rings. The Morgan fingerprint density at radius 1 is 0.727 bits per heavy atom. The topological polar surface area (TPSA) is 76.5 Å². The monoisotopic (exact) mass is 534 g/mol. The summed E-state index contributed by atoms with van der Waals surface area (Å²) in [7, 11) is -2.29. The van der Waals surface area contributed by atoms with Gasteiger partial charge in [-0.25, -0.2) is 0 Å². The molecule has 2 atom stereocenters. The molecular formula is C24H62N4OSi4. The third-order valence-electron chi connectivity index (χ3n) is 8.17. The fraction of sp³-hybridized carbons (Fsp3) is 1.00. The zero-order valence-corrected chi connectivity index (χ0v) is 28.1. The Labute approximate surface area is 212 Å². The Morgan fingerprint density at radius 3 is 1.82 bits per heavy atom. The van der Waals surface area contributed by atoms with Gasteiger partial charge in [0.2, 0.25) is 0 Å². The highest BCUT2D eigenvalue weighted by atomic mass is 29.6. The summed E-state index contributed by atoms with van der Waals surface area (Å²) in [5.41, 5.74) is 12.2. The molecule has 0 aliphatic rings. The van der Waals surface area contributed by atoms with Crippen molar-refractivity contribution in [3.8, 4) is 0 Å². The van der Waals surface area contributed by atoms with E-state index in [1.54, 1.807) is 0 Å². The summed E-state index contributed by atoms with van der Waals surface area (Å²) in [6, 6.07) is 5.13. The van der Waals surface area contributed by atoms with E-state index < -0.39 is 30.9 Å². The summed E-state index contributed by atoms with van der Waals surface area (Å²) in [6.45, 7) is 23.0. The lowest BCUT2D eigenvalue weighted by molar-refractivity contribution is 0.391. The fourth-order valence-electron chi connectivity index (χ4n) is 5.45. The van der Waals surface area contributed by atoms with Gasteiger partial charge in [-0.3, -0.25) is 0 Å². The van der Waals surface area contributed by atoms with Crippen LogP contribution in [0.4, 0.5) is 0 Å². The zero-order chi connectivity index (χ0) is 25.6. The van der Waals surface area contributed by atoms with Gasteiger partial charge in [-0.1, -0.05) is 51.9 Å². The molecule has 0 rings (SSSR count). The number of hydrogen-bond donors (Lipinski definition) is 3. The van der Waals surface area contributed by atoms with Gasteiger partial charge in [0.15, 0.2) is 16.2 Å². The Kier molecular flexibility index (Phi) is 16.8. The summed E-state index contributed by atoms with van der Waals surface area (Å²) in [6.07, 6.45) is 7.79. The van der Waals surface area contributed by atoms with Crippen LogP contribution in [0.2, 0.25) is 63.5 Å². The molecular weight excluding hydrogens is 473 g/mol. The molecule has 0 heterocycles. The number of unbranched alkanes of at least 4 members (excludes halogenated alkanes) is 3. The predicted molar refractivity (Wildman–Crippen MR) is 161 cm³/mol. The van der Waals surface area contributed by atoms with Crippen LogP contribution in [0.25, 0.3) is 0 Å². The van der Waals surface area contributed by atoms with Crippen LogP contribution in [-0.4, -0.2) is 82.6 Å². The van der Waals surface area contributed by atoms with E-state index in [-0.39, 0.29) is 0 Å². The molecule has 0 saturated carbocycles. The molecule has 0 aliphatic heterocycles. The van der Waals surface area contributed by atoms with E-state index in [0.29, 0.717) is 0 Å². The van der Waals surface area contributed by atoms with Crippen LogP contribution in [0.5, 0.6) is 0 Å². The van der Waals surface area contributed by atoms with Crippen molar-refractivity contribution in [3.05, 3.63) is 0 Å². The number of hydrogen-bond acceptors (Lipinski definition) is 5. The van der Waals surface area contributed by atoms with Gasteiger partial charge in [-0.15, -0.1) is 0 Å². The van der Waals surface area contributed by atoms with E-state index in [4.69, 9.17) is 15.6 Å². The maximum absolute atomic E-state index is 7.47. The minimum atomic E-state index is -1.86. The standard InChI is InChI=1S/C24H62N4OSi4/c1-10-11-22-33(9,31(6,7)24-17-26)32(8,29-30(4,5)23-16-25)21-15-13-19-27-18-12-14-20-28(2)3/h27H,10-26H2,1-9H3. The number of rotatable bonds is 21. The lowest BCUT2D eigenvalue weighted by Crippen LogP contribution is -2.76. The highest BCUT2D eigenvalue weighted by molar-refractivity contribution is 7.68. The van der Waals surface area contributed by atoms with Crippen molar-refractivity contribution < 1.29 is 4.12 Å². The van der Waals surface area contributed by atoms with Crippen LogP contribution in [0.3, 0.4) is 0 Å². The van der Waals surface area contributed by atoms with Gasteiger partial charge in [0, 0.05) is 7.59 Å². The van der Waals surface area contributed by atoms with Crippen LogP contribution in [0.1, 0.15) is 45.4 Å². The molecule has 0 saturated heterocycles. The van der Waals surface area contributed by atoms with E-state index in [1.165, 1.54) is 63.2 Å². The second-order valence-electron chi connectivity index (χ2n) is 12.2. The minimum Gasteiger partial charge on any atom is -0.458 e. The number of nitrogens with one attached hydrogen (secondary N) is 1. The normalized spacial score (nSPS) is 16.7. The fourth-order valence-corrected chi connectivity index (χ4v) is 53.5. The largest absolute Gasteiger partial charge is 0.458 e. The first-order valence-electron chi connectivity index (χ1n) is 13.8. The summed E-state index contributed by atoms with van der Waals surface area (Å²) in [4.78, 5) is 2.27. The van der Waals surface area contributed by atoms with Crippen molar-refractivity contribution >= 4 is 30.9 Å². The third-order valence-corrected chi connectivity index (χ3v) is 53.9. The van der Waals surface area contributed by atoms with Crippen LogP contribution in [-0.2, 0) is 4.12 Å². The highest BCUT2D eigenvalue weighted by Gasteiger charge is 2.58. The molecule has 9 heteroatoms. The van der Waals surface area contributed by atoms with Crippen molar-refractivity contribution in [3.63, 3.8) is 0 Å². The van der Waals surface area contributed by atoms with Gasteiger partial charge in [-0.05, 0) is 104 Å². The molecule has 200 valence electrons. The Hall–Kier alpha value is 0.668. The molecule has 5 nitrogen and oxygen atoms in total. The maximum Gasteiger partial charge on any atom is 0.174 e. The SMILES string of the molecule is CCCC[Si](C)([Si](C)(C)CCN)[Si](C)(CCCCNCCCCN(C)C)O[Si](C)(C)CCN. The summed E-state index contributed by atoms with van der Waals surface area (Å²) >= 11 is 0. The smallest absolute Gasteiger partial charge is 0.174 e. The van der Waals surface area contributed by atoms with Crippen LogP contribution in [0.15, 0.2) is 0 Å². The predicted octanol–water partition coefficient (Wildman–Crippen LogP) is 5.16. The summed E-state index contributed by atoms with van der Waals surface area (Å²) in [5.74, 6) is 0. The molecule has 5 N–H and O–H groups in total. The molecule has 0 aromatic carbocycles. The van der Waals surface area contributed by atoms with Gasteiger partial charge in [0.1, 0.15) is 0 Å². The second kappa shape index (κ2) is 16.4. The average molecular weight is 535 g/mol. The van der Waals surface area contributed by atoms with Crippen molar-refractivity contribution in [1.82, 2.24) is 10.2 Å². The molecule has 0 spiro atoms. The second-order valence-corrected chi connectivity index (χ2v) is 42.8. The average Bonchev–Trinajstić information content (AvgIpc) is 2.69. The molecule has 0 radical (unpaired) electrons. The molecule has 0 aliphatic carbocycles. The van der Waals surface area contributed by atoms with E-state index >= 15 is 0 Å². The van der Waals surface area contributed by atoms with Crippen molar-refractivity contribution in [2.75, 3.05) is 46.8 Å². The molecule has 0 amide bonds. The molecule has 0 fully saturated rings. The first-order chi connectivity index (χ1) is 15.3. The van der Waals surface area contributed by atoms with Gasteiger partial charge >= 0.3 is 0 Å². The first kappa shape index (κ1) is 33.7. The van der Waals surface area contributed by atoms with Crippen molar-refractivity contribution in [2.45, 2.75) is 109 Å². The lowest BCUT2D eigenvalue weighted by atomic mass is 10.3. The number of nitrogens with two attached hydrogens (primary N) is 2.